The Kier molecular flexibility index (Phi) is 4.26. The van der Waals surface area contributed by atoms with Gasteiger partial charge in [-0.1, -0.05) is 24.3 Å². The number of anilines is 2. The minimum atomic E-state index is -3.35. The highest BCUT2D eigenvalue weighted by atomic mass is 32.2. The van der Waals surface area contributed by atoms with Gasteiger partial charge in [0.2, 0.25) is 15.9 Å². The lowest BCUT2D eigenvalue weighted by Gasteiger charge is -2.08. The molecule has 6 nitrogen and oxygen atoms in total. The third kappa shape index (κ3) is 3.94. The van der Waals surface area contributed by atoms with E-state index in [1.54, 1.807) is 24.3 Å². The summed E-state index contributed by atoms with van der Waals surface area (Å²) in [4.78, 5) is 15.4. The Balaban J connectivity index is 1.72. The van der Waals surface area contributed by atoms with Crippen LogP contribution < -0.4 is 10.0 Å². The molecule has 0 radical (unpaired) electrons. The summed E-state index contributed by atoms with van der Waals surface area (Å²) in [6.45, 7) is 0. The number of carbonyl (C=O) groups excluding carboxylic acids is 1. The largest absolute Gasteiger partial charge is 0.361 e. The SMILES string of the molecule is CS(=O)(=O)Nc1cccc(NC(=O)Cc2c[nH]c3ccccc23)c1. The Morgan fingerprint density at radius 3 is 2.62 bits per heavy atom. The lowest BCUT2D eigenvalue weighted by atomic mass is 10.1. The first-order valence-corrected chi connectivity index (χ1v) is 9.22. The zero-order valence-corrected chi connectivity index (χ0v) is 13.9. The van der Waals surface area contributed by atoms with Crippen molar-refractivity contribution in [1.29, 1.82) is 0 Å². The fourth-order valence-electron chi connectivity index (χ4n) is 2.53. The number of hydrogen-bond donors (Lipinski definition) is 3. The van der Waals surface area contributed by atoms with Gasteiger partial charge in [0.05, 0.1) is 18.4 Å². The summed E-state index contributed by atoms with van der Waals surface area (Å²) in [6.07, 6.45) is 3.13. The van der Waals surface area contributed by atoms with E-state index >= 15 is 0 Å². The van der Waals surface area contributed by atoms with Gasteiger partial charge < -0.3 is 10.3 Å². The van der Waals surface area contributed by atoms with Crippen LogP contribution in [0.15, 0.2) is 54.7 Å². The van der Waals surface area contributed by atoms with Crippen molar-refractivity contribution in [2.45, 2.75) is 6.42 Å². The summed E-state index contributed by atoms with van der Waals surface area (Å²) >= 11 is 0. The second-order valence-corrected chi connectivity index (χ2v) is 7.29. The van der Waals surface area contributed by atoms with E-state index in [0.29, 0.717) is 11.4 Å². The number of amides is 1. The lowest BCUT2D eigenvalue weighted by Crippen LogP contribution is -2.15. The van der Waals surface area contributed by atoms with Crippen LogP contribution in [0.25, 0.3) is 10.9 Å². The molecule has 0 spiro atoms. The van der Waals surface area contributed by atoms with E-state index in [4.69, 9.17) is 0 Å². The number of H-pyrrole nitrogens is 1. The molecule has 24 heavy (non-hydrogen) atoms. The van der Waals surface area contributed by atoms with Crippen LogP contribution in [0, 0.1) is 0 Å². The molecule has 0 fully saturated rings. The van der Waals surface area contributed by atoms with Crippen LogP contribution in [0.5, 0.6) is 0 Å². The van der Waals surface area contributed by atoms with Crippen LogP contribution in [0.4, 0.5) is 11.4 Å². The summed E-state index contributed by atoms with van der Waals surface area (Å²) in [5, 5.41) is 3.80. The number of nitrogens with one attached hydrogen (secondary N) is 3. The summed E-state index contributed by atoms with van der Waals surface area (Å²) in [5.74, 6) is -0.170. The Hall–Kier alpha value is -2.80. The van der Waals surface area contributed by atoms with Crippen LogP contribution in [-0.4, -0.2) is 25.6 Å². The molecule has 1 aromatic heterocycles. The number of carbonyl (C=O) groups is 1. The second kappa shape index (κ2) is 6.37. The number of aromatic amines is 1. The zero-order chi connectivity index (χ0) is 17.2. The highest BCUT2D eigenvalue weighted by Gasteiger charge is 2.09. The highest BCUT2D eigenvalue weighted by Crippen LogP contribution is 2.20. The minimum absolute atomic E-state index is 0.170. The van der Waals surface area contributed by atoms with E-state index < -0.39 is 10.0 Å². The van der Waals surface area contributed by atoms with Gasteiger partial charge in [-0.15, -0.1) is 0 Å². The third-order valence-electron chi connectivity index (χ3n) is 3.48. The molecule has 0 saturated heterocycles. The predicted octanol–water partition coefficient (Wildman–Crippen LogP) is 2.72. The van der Waals surface area contributed by atoms with Crippen molar-refractivity contribution in [1.82, 2.24) is 4.98 Å². The monoisotopic (exact) mass is 343 g/mol. The molecular weight excluding hydrogens is 326 g/mol. The molecule has 0 unspecified atom stereocenters. The van der Waals surface area contributed by atoms with E-state index in [9.17, 15) is 13.2 Å². The standard InChI is InChI=1S/C17H17N3O3S/c1-24(22,23)20-14-6-4-5-13(10-14)19-17(21)9-12-11-18-16-8-3-2-7-15(12)16/h2-8,10-11,18,20H,9H2,1H3,(H,19,21). The van der Waals surface area contributed by atoms with E-state index in [0.717, 1.165) is 22.7 Å². The predicted molar refractivity (Wildman–Crippen MR) is 95.5 cm³/mol. The average Bonchev–Trinajstić information content (AvgIpc) is 2.89. The maximum absolute atomic E-state index is 12.3. The van der Waals surface area contributed by atoms with Gasteiger partial charge in [-0.05, 0) is 29.8 Å². The molecule has 7 heteroatoms. The van der Waals surface area contributed by atoms with Gasteiger partial charge >= 0.3 is 0 Å². The van der Waals surface area contributed by atoms with E-state index in [1.807, 2.05) is 30.5 Å². The third-order valence-corrected chi connectivity index (χ3v) is 4.08. The number of hydrogen-bond acceptors (Lipinski definition) is 3. The van der Waals surface area contributed by atoms with Crippen molar-refractivity contribution in [3.63, 3.8) is 0 Å². The first-order valence-electron chi connectivity index (χ1n) is 7.33. The average molecular weight is 343 g/mol. The molecule has 0 aliphatic heterocycles. The van der Waals surface area contributed by atoms with Crippen LogP contribution in [-0.2, 0) is 21.2 Å². The molecule has 3 aromatic rings. The normalized spacial score (nSPS) is 11.4. The van der Waals surface area contributed by atoms with Crippen molar-refractivity contribution in [3.8, 4) is 0 Å². The molecule has 0 aliphatic rings. The van der Waals surface area contributed by atoms with Gasteiger partial charge in [0.15, 0.2) is 0 Å². The Labute approximate surface area is 139 Å². The summed E-state index contributed by atoms with van der Waals surface area (Å²) in [6, 6.07) is 14.4. The lowest BCUT2D eigenvalue weighted by molar-refractivity contribution is -0.115. The quantitative estimate of drug-likeness (QED) is 0.665. The van der Waals surface area contributed by atoms with Gasteiger partial charge in [0, 0.05) is 22.8 Å². The molecule has 0 bridgehead atoms. The van der Waals surface area contributed by atoms with E-state index in [2.05, 4.69) is 15.0 Å². The van der Waals surface area contributed by atoms with Crippen molar-refractivity contribution in [2.75, 3.05) is 16.3 Å². The van der Waals surface area contributed by atoms with E-state index in [-0.39, 0.29) is 12.3 Å². The van der Waals surface area contributed by atoms with Gasteiger partial charge in [-0.2, -0.15) is 0 Å². The molecule has 3 rings (SSSR count). The van der Waals surface area contributed by atoms with Crippen LogP contribution in [0.3, 0.4) is 0 Å². The molecule has 0 saturated carbocycles. The first-order chi connectivity index (χ1) is 11.4. The van der Waals surface area contributed by atoms with E-state index in [1.165, 1.54) is 0 Å². The number of benzene rings is 2. The van der Waals surface area contributed by atoms with Crippen molar-refractivity contribution < 1.29 is 13.2 Å². The van der Waals surface area contributed by atoms with Gasteiger partial charge in [-0.25, -0.2) is 8.42 Å². The molecular formula is C17H17N3O3S. The van der Waals surface area contributed by atoms with Crippen LogP contribution in [0.1, 0.15) is 5.56 Å². The molecule has 0 aliphatic carbocycles. The molecule has 1 amide bonds. The number of para-hydroxylation sites is 1. The summed E-state index contributed by atoms with van der Waals surface area (Å²) in [5.41, 5.74) is 2.84. The van der Waals surface area contributed by atoms with Crippen molar-refractivity contribution in [2.24, 2.45) is 0 Å². The van der Waals surface area contributed by atoms with Crippen molar-refractivity contribution >= 4 is 38.2 Å². The van der Waals surface area contributed by atoms with Gasteiger partial charge in [0.25, 0.3) is 0 Å². The fraction of sp³-hybridized carbons (Fsp3) is 0.118. The fourth-order valence-corrected chi connectivity index (χ4v) is 3.09. The zero-order valence-electron chi connectivity index (χ0n) is 13.0. The Morgan fingerprint density at radius 1 is 1.08 bits per heavy atom. The van der Waals surface area contributed by atoms with Gasteiger partial charge in [-0.3, -0.25) is 9.52 Å². The highest BCUT2D eigenvalue weighted by molar-refractivity contribution is 7.92. The molecule has 3 N–H and O–H groups in total. The molecule has 124 valence electrons. The minimum Gasteiger partial charge on any atom is -0.361 e. The molecule has 0 atom stereocenters. The number of sulfonamides is 1. The van der Waals surface area contributed by atoms with Crippen LogP contribution >= 0.6 is 0 Å². The Morgan fingerprint density at radius 2 is 1.83 bits per heavy atom. The summed E-state index contributed by atoms with van der Waals surface area (Å²) in [7, 11) is -3.35. The maximum Gasteiger partial charge on any atom is 0.229 e. The topological polar surface area (TPSA) is 91.1 Å². The second-order valence-electron chi connectivity index (χ2n) is 5.54. The number of aromatic nitrogens is 1. The smallest absolute Gasteiger partial charge is 0.229 e. The van der Waals surface area contributed by atoms with Crippen molar-refractivity contribution in [3.05, 3.63) is 60.3 Å². The molecule has 1 heterocycles. The number of rotatable bonds is 5. The first kappa shape index (κ1) is 16.1. The maximum atomic E-state index is 12.3. The van der Waals surface area contributed by atoms with Gasteiger partial charge in [0.1, 0.15) is 0 Å². The number of fused-ring (bicyclic) bond motifs is 1. The van der Waals surface area contributed by atoms with Crippen LogP contribution in [0.2, 0.25) is 0 Å². The summed E-state index contributed by atoms with van der Waals surface area (Å²) < 4.78 is 24.9. The Bertz CT molecular complexity index is 993. The molecule has 2 aromatic carbocycles.